The molecule has 0 heterocycles. The van der Waals surface area contributed by atoms with Gasteiger partial charge in [0.05, 0.1) is 7.11 Å². The van der Waals surface area contributed by atoms with Crippen molar-refractivity contribution in [2.45, 2.75) is 31.8 Å². The van der Waals surface area contributed by atoms with Gasteiger partial charge in [0.2, 0.25) is 0 Å². The Morgan fingerprint density at radius 1 is 1.26 bits per heavy atom. The molecule has 2 aromatic rings. The Bertz CT molecular complexity index is 701. The van der Waals surface area contributed by atoms with Crippen molar-refractivity contribution in [3.05, 3.63) is 57.6 Å². The summed E-state index contributed by atoms with van der Waals surface area (Å²) in [6.45, 7) is 4.55. The summed E-state index contributed by atoms with van der Waals surface area (Å²) >= 11 is 4.59. The Morgan fingerprint density at radius 3 is 2.70 bits per heavy atom. The molecule has 0 fully saturated rings. The van der Waals surface area contributed by atoms with E-state index in [0.717, 1.165) is 44.4 Å². The number of methoxy groups -OCH3 is 1. The van der Waals surface area contributed by atoms with Crippen LogP contribution < -0.4 is 4.74 Å². The van der Waals surface area contributed by atoms with Crippen LogP contribution in [0.4, 0.5) is 4.79 Å². The smallest absolute Gasteiger partial charge is 0.371 e. The fourth-order valence-electron chi connectivity index (χ4n) is 2.15. The standard InChI is InChI=1S/C18H19BrO3S/c1-4-13-8-9-16(12(2)10-13)22-11-14-15(19)6-5-7-17(14)23-18(20)21-3/h5-10H,4,11H2,1-3H3. The summed E-state index contributed by atoms with van der Waals surface area (Å²) in [6, 6.07) is 11.9. The molecular weight excluding hydrogens is 376 g/mol. The van der Waals surface area contributed by atoms with Crippen LogP contribution in [-0.4, -0.2) is 12.4 Å². The first-order chi connectivity index (χ1) is 11.0. The molecule has 122 valence electrons. The molecule has 0 saturated carbocycles. The zero-order chi connectivity index (χ0) is 16.8. The lowest BCUT2D eigenvalue weighted by molar-refractivity contribution is 0.200. The number of benzene rings is 2. The zero-order valence-corrected chi connectivity index (χ0v) is 15.8. The number of hydrogen-bond donors (Lipinski definition) is 0. The third kappa shape index (κ3) is 4.75. The van der Waals surface area contributed by atoms with E-state index >= 15 is 0 Å². The third-order valence-corrected chi connectivity index (χ3v) is 5.13. The average molecular weight is 395 g/mol. The Balaban J connectivity index is 2.18. The Hall–Kier alpha value is -1.46. The summed E-state index contributed by atoms with van der Waals surface area (Å²) in [4.78, 5) is 12.4. The molecule has 3 nitrogen and oxygen atoms in total. The highest BCUT2D eigenvalue weighted by atomic mass is 79.9. The van der Waals surface area contributed by atoms with E-state index < -0.39 is 0 Å². The maximum absolute atomic E-state index is 11.5. The van der Waals surface area contributed by atoms with Crippen LogP contribution in [0.25, 0.3) is 0 Å². The number of carbonyl (C=O) groups excluding carboxylic acids is 1. The summed E-state index contributed by atoms with van der Waals surface area (Å²) in [7, 11) is 1.38. The molecule has 0 aliphatic carbocycles. The van der Waals surface area contributed by atoms with Crippen LogP contribution in [0.1, 0.15) is 23.6 Å². The van der Waals surface area contributed by atoms with E-state index in [4.69, 9.17) is 9.47 Å². The lowest BCUT2D eigenvalue weighted by atomic mass is 10.1. The molecule has 0 radical (unpaired) electrons. The van der Waals surface area contributed by atoms with Crippen molar-refractivity contribution in [1.82, 2.24) is 0 Å². The van der Waals surface area contributed by atoms with Crippen LogP contribution in [0, 0.1) is 6.92 Å². The van der Waals surface area contributed by atoms with E-state index in [0.29, 0.717) is 6.61 Å². The van der Waals surface area contributed by atoms with Gasteiger partial charge in [-0.2, -0.15) is 0 Å². The van der Waals surface area contributed by atoms with E-state index in [1.54, 1.807) is 0 Å². The maximum atomic E-state index is 11.5. The molecule has 0 aliphatic heterocycles. The fraction of sp³-hybridized carbons (Fsp3) is 0.278. The molecule has 0 unspecified atom stereocenters. The van der Waals surface area contributed by atoms with Gasteiger partial charge in [0.25, 0.3) is 0 Å². The minimum absolute atomic E-state index is 0.340. The Labute approximate surface area is 149 Å². The molecule has 0 atom stereocenters. The molecule has 0 spiro atoms. The Morgan fingerprint density at radius 2 is 2.04 bits per heavy atom. The van der Waals surface area contributed by atoms with Crippen molar-refractivity contribution in [1.29, 1.82) is 0 Å². The minimum Gasteiger partial charge on any atom is -0.489 e. The van der Waals surface area contributed by atoms with Gasteiger partial charge in [-0.25, -0.2) is 4.79 Å². The highest BCUT2D eigenvalue weighted by molar-refractivity contribution is 9.10. The van der Waals surface area contributed by atoms with Gasteiger partial charge in [0, 0.05) is 14.9 Å². The van der Waals surface area contributed by atoms with Crippen molar-refractivity contribution in [2.24, 2.45) is 0 Å². The summed E-state index contributed by atoms with van der Waals surface area (Å²) in [6.07, 6.45) is 1.01. The number of ether oxygens (including phenoxy) is 2. The Kier molecular flexibility index (Phi) is 6.54. The average Bonchev–Trinajstić information content (AvgIpc) is 2.55. The second-order valence-electron chi connectivity index (χ2n) is 5.01. The van der Waals surface area contributed by atoms with Crippen LogP contribution in [-0.2, 0) is 17.8 Å². The first-order valence-corrected chi connectivity index (χ1v) is 8.91. The van der Waals surface area contributed by atoms with Crippen molar-refractivity contribution in [3.63, 3.8) is 0 Å². The lowest BCUT2D eigenvalue weighted by Gasteiger charge is -2.14. The number of hydrogen-bond acceptors (Lipinski definition) is 4. The quantitative estimate of drug-likeness (QED) is 0.477. The van der Waals surface area contributed by atoms with Crippen LogP contribution in [0.15, 0.2) is 45.8 Å². The van der Waals surface area contributed by atoms with Gasteiger partial charge >= 0.3 is 5.30 Å². The third-order valence-electron chi connectivity index (χ3n) is 3.46. The van der Waals surface area contributed by atoms with Gasteiger partial charge in [0.15, 0.2) is 0 Å². The highest BCUT2D eigenvalue weighted by Gasteiger charge is 2.13. The molecule has 23 heavy (non-hydrogen) atoms. The van der Waals surface area contributed by atoms with Gasteiger partial charge in [0.1, 0.15) is 12.4 Å². The number of halogens is 1. The second-order valence-corrected chi connectivity index (χ2v) is 6.85. The molecular formula is C18H19BrO3S. The fourth-order valence-corrected chi connectivity index (χ4v) is 3.46. The molecule has 2 aromatic carbocycles. The molecule has 5 heteroatoms. The van der Waals surface area contributed by atoms with Gasteiger partial charge in [-0.1, -0.05) is 41.1 Å². The number of carbonyl (C=O) groups is 1. The van der Waals surface area contributed by atoms with Gasteiger partial charge in [-0.15, -0.1) is 0 Å². The molecule has 0 N–H and O–H groups in total. The molecule has 0 aromatic heterocycles. The first-order valence-electron chi connectivity index (χ1n) is 7.30. The largest absolute Gasteiger partial charge is 0.489 e. The molecule has 0 bridgehead atoms. The number of rotatable bonds is 5. The van der Waals surface area contributed by atoms with Gasteiger partial charge < -0.3 is 9.47 Å². The predicted molar refractivity (Wildman–Crippen MR) is 97.3 cm³/mol. The maximum Gasteiger partial charge on any atom is 0.371 e. The molecule has 0 amide bonds. The van der Waals surface area contributed by atoms with Crippen molar-refractivity contribution in [2.75, 3.05) is 7.11 Å². The molecule has 0 saturated heterocycles. The SMILES string of the molecule is CCc1ccc(OCc2c(Br)cccc2SC(=O)OC)c(C)c1. The van der Waals surface area contributed by atoms with Gasteiger partial charge in [-0.3, -0.25) is 0 Å². The second kappa shape index (κ2) is 8.41. The number of thioether (sulfide) groups is 1. The summed E-state index contributed by atoms with van der Waals surface area (Å²) in [5.41, 5.74) is 3.33. The van der Waals surface area contributed by atoms with E-state index in [9.17, 15) is 4.79 Å². The summed E-state index contributed by atoms with van der Waals surface area (Å²) in [5.74, 6) is 0.854. The monoisotopic (exact) mass is 394 g/mol. The summed E-state index contributed by atoms with van der Waals surface area (Å²) in [5, 5.41) is -0.340. The molecule has 2 rings (SSSR count). The van der Waals surface area contributed by atoms with E-state index in [-0.39, 0.29) is 5.30 Å². The number of aryl methyl sites for hydroxylation is 2. The van der Waals surface area contributed by atoms with Crippen molar-refractivity contribution < 1.29 is 14.3 Å². The lowest BCUT2D eigenvalue weighted by Crippen LogP contribution is -2.01. The van der Waals surface area contributed by atoms with Crippen LogP contribution in [0.5, 0.6) is 5.75 Å². The van der Waals surface area contributed by atoms with Crippen LogP contribution in [0.2, 0.25) is 0 Å². The van der Waals surface area contributed by atoms with Gasteiger partial charge in [-0.05, 0) is 54.4 Å². The van der Waals surface area contributed by atoms with Crippen molar-refractivity contribution in [3.8, 4) is 5.75 Å². The van der Waals surface area contributed by atoms with Crippen molar-refractivity contribution >= 4 is 33.0 Å². The minimum atomic E-state index is -0.340. The van der Waals surface area contributed by atoms with Crippen LogP contribution >= 0.6 is 27.7 Å². The summed E-state index contributed by atoms with van der Waals surface area (Å²) < 4.78 is 11.6. The zero-order valence-electron chi connectivity index (χ0n) is 13.4. The predicted octanol–water partition coefficient (Wildman–Crippen LogP) is 5.76. The normalized spacial score (nSPS) is 10.4. The van der Waals surface area contributed by atoms with Crippen LogP contribution in [0.3, 0.4) is 0 Å². The molecule has 0 aliphatic rings. The van der Waals surface area contributed by atoms with E-state index in [1.807, 2.05) is 31.2 Å². The first kappa shape index (κ1) is 17.9. The highest BCUT2D eigenvalue weighted by Crippen LogP contribution is 2.31. The van der Waals surface area contributed by atoms with E-state index in [2.05, 4.69) is 35.0 Å². The van der Waals surface area contributed by atoms with E-state index in [1.165, 1.54) is 12.7 Å². The topological polar surface area (TPSA) is 35.5 Å².